The molecule has 0 saturated carbocycles. The number of rotatable bonds is 2. The number of hydrogen-bond donors (Lipinski definition) is 0. The number of anilines is 1. The first-order chi connectivity index (χ1) is 10.5. The molecule has 2 heterocycles. The van der Waals surface area contributed by atoms with Crippen LogP contribution in [-0.2, 0) is 10.9 Å². The van der Waals surface area contributed by atoms with Gasteiger partial charge < -0.3 is 9.64 Å². The summed E-state index contributed by atoms with van der Waals surface area (Å²) in [7, 11) is 0. The Labute approximate surface area is 125 Å². The van der Waals surface area contributed by atoms with Crippen molar-refractivity contribution in [3.8, 4) is 11.1 Å². The number of benzene rings is 1. The number of ether oxygens (including phenoxy) is 1. The summed E-state index contributed by atoms with van der Waals surface area (Å²) in [5.74, 6) is 0.709. The minimum absolute atomic E-state index is 0.631. The summed E-state index contributed by atoms with van der Waals surface area (Å²) in [6, 6.07) is 6.88. The van der Waals surface area contributed by atoms with Gasteiger partial charge in [-0.15, -0.1) is 5.10 Å². The molecule has 22 heavy (non-hydrogen) atoms. The smallest absolute Gasteiger partial charge is 0.378 e. The van der Waals surface area contributed by atoms with E-state index in [0.29, 0.717) is 24.6 Å². The van der Waals surface area contributed by atoms with Crippen LogP contribution in [0.25, 0.3) is 11.1 Å². The molecule has 0 amide bonds. The van der Waals surface area contributed by atoms with E-state index in [1.807, 2.05) is 11.0 Å². The molecule has 1 fully saturated rings. The van der Waals surface area contributed by atoms with Gasteiger partial charge in [0.25, 0.3) is 0 Å². The topological polar surface area (TPSA) is 38.2 Å². The van der Waals surface area contributed by atoms with Crippen LogP contribution in [0.5, 0.6) is 0 Å². The predicted molar refractivity (Wildman–Crippen MR) is 75.5 cm³/mol. The maximum Gasteiger partial charge on any atom is 0.416 e. The van der Waals surface area contributed by atoms with Crippen LogP contribution >= 0.6 is 0 Å². The van der Waals surface area contributed by atoms with E-state index in [9.17, 15) is 13.2 Å². The van der Waals surface area contributed by atoms with Crippen LogP contribution in [0.2, 0.25) is 0 Å². The first kappa shape index (κ1) is 14.8. The van der Waals surface area contributed by atoms with Crippen LogP contribution in [0.1, 0.15) is 5.56 Å². The minimum Gasteiger partial charge on any atom is -0.378 e. The van der Waals surface area contributed by atoms with E-state index in [1.165, 1.54) is 12.1 Å². The van der Waals surface area contributed by atoms with Crippen molar-refractivity contribution in [3.05, 3.63) is 42.1 Å². The van der Waals surface area contributed by atoms with E-state index in [4.69, 9.17) is 4.74 Å². The average Bonchev–Trinajstić information content (AvgIpc) is 2.55. The highest BCUT2D eigenvalue weighted by molar-refractivity contribution is 5.66. The Kier molecular flexibility index (Phi) is 3.98. The molecule has 0 radical (unpaired) electrons. The fraction of sp³-hybridized carbons (Fsp3) is 0.333. The molecule has 2 aromatic rings. The Morgan fingerprint density at radius 2 is 1.68 bits per heavy atom. The molecule has 3 rings (SSSR count). The summed E-state index contributed by atoms with van der Waals surface area (Å²) < 4.78 is 43.0. The minimum atomic E-state index is -4.33. The van der Waals surface area contributed by atoms with Crippen molar-refractivity contribution in [3.63, 3.8) is 0 Å². The molecule has 1 aromatic heterocycles. The quantitative estimate of drug-likeness (QED) is 0.855. The zero-order valence-corrected chi connectivity index (χ0v) is 11.7. The van der Waals surface area contributed by atoms with Crippen molar-refractivity contribution in [1.29, 1.82) is 0 Å². The van der Waals surface area contributed by atoms with Crippen LogP contribution in [0.3, 0.4) is 0 Å². The molecule has 1 aliphatic rings. The third-order valence-electron chi connectivity index (χ3n) is 3.52. The first-order valence-electron chi connectivity index (χ1n) is 6.87. The lowest BCUT2D eigenvalue weighted by atomic mass is 10.1. The first-order valence-corrected chi connectivity index (χ1v) is 6.87. The highest BCUT2D eigenvalue weighted by Crippen LogP contribution is 2.31. The second-order valence-electron chi connectivity index (χ2n) is 4.98. The van der Waals surface area contributed by atoms with E-state index < -0.39 is 11.7 Å². The molecular weight excluding hydrogens is 295 g/mol. The lowest BCUT2D eigenvalue weighted by Gasteiger charge is -2.27. The number of halogens is 3. The average molecular weight is 309 g/mol. The van der Waals surface area contributed by atoms with Crippen LogP contribution < -0.4 is 4.90 Å². The van der Waals surface area contributed by atoms with E-state index in [-0.39, 0.29) is 0 Å². The highest BCUT2D eigenvalue weighted by atomic mass is 19.4. The molecule has 0 unspecified atom stereocenters. The molecule has 0 spiro atoms. The Bertz CT molecular complexity index is 637. The zero-order chi connectivity index (χ0) is 15.6. The van der Waals surface area contributed by atoms with E-state index in [2.05, 4.69) is 10.2 Å². The molecule has 1 saturated heterocycles. The maximum absolute atomic E-state index is 12.6. The molecule has 1 aliphatic heterocycles. The monoisotopic (exact) mass is 309 g/mol. The van der Waals surface area contributed by atoms with Gasteiger partial charge in [0, 0.05) is 18.7 Å². The van der Waals surface area contributed by atoms with Gasteiger partial charge in [-0.25, -0.2) is 0 Å². The number of alkyl halides is 3. The molecule has 1 aromatic carbocycles. The summed E-state index contributed by atoms with van der Waals surface area (Å²) in [4.78, 5) is 2.05. The van der Waals surface area contributed by atoms with Gasteiger partial charge in [0.1, 0.15) is 0 Å². The Balaban J connectivity index is 1.85. The number of morpholine rings is 1. The van der Waals surface area contributed by atoms with E-state index >= 15 is 0 Å². The Morgan fingerprint density at radius 1 is 1.00 bits per heavy atom. The van der Waals surface area contributed by atoms with E-state index in [0.717, 1.165) is 30.8 Å². The summed E-state index contributed by atoms with van der Waals surface area (Å²) >= 11 is 0. The molecule has 7 heteroatoms. The summed E-state index contributed by atoms with van der Waals surface area (Å²) in [5.41, 5.74) is 0.759. The van der Waals surface area contributed by atoms with Gasteiger partial charge in [0.15, 0.2) is 5.82 Å². The molecule has 116 valence electrons. The predicted octanol–water partition coefficient (Wildman–Crippen LogP) is 3.00. The van der Waals surface area contributed by atoms with Crippen LogP contribution in [0, 0.1) is 0 Å². The third-order valence-corrected chi connectivity index (χ3v) is 3.52. The lowest BCUT2D eigenvalue weighted by Crippen LogP contribution is -2.36. The molecule has 0 bridgehead atoms. The van der Waals surface area contributed by atoms with Crippen LogP contribution in [0.4, 0.5) is 19.0 Å². The summed E-state index contributed by atoms with van der Waals surface area (Å²) in [6.07, 6.45) is -2.78. The van der Waals surface area contributed by atoms with Crippen molar-refractivity contribution in [2.24, 2.45) is 0 Å². The summed E-state index contributed by atoms with van der Waals surface area (Å²) in [6.45, 7) is 2.72. The van der Waals surface area contributed by atoms with Crippen molar-refractivity contribution in [2.75, 3.05) is 31.2 Å². The second-order valence-corrected chi connectivity index (χ2v) is 4.98. The van der Waals surface area contributed by atoms with Gasteiger partial charge in [-0.3, -0.25) is 0 Å². The van der Waals surface area contributed by atoms with Gasteiger partial charge in [0.05, 0.1) is 25.0 Å². The molecule has 0 N–H and O–H groups in total. The Morgan fingerprint density at radius 3 is 2.32 bits per heavy atom. The normalized spacial score (nSPS) is 15.9. The van der Waals surface area contributed by atoms with Gasteiger partial charge in [-0.2, -0.15) is 18.3 Å². The van der Waals surface area contributed by atoms with Crippen LogP contribution in [-0.4, -0.2) is 36.5 Å². The third kappa shape index (κ3) is 3.19. The van der Waals surface area contributed by atoms with Crippen LogP contribution in [0.15, 0.2) is 36.5 Å². The largest absolute Gasteiger partial charge is 0.416 e. The number of hydrogen-bond acceptors (Lipinski definition) is 4. The number of nitrogens with zero attached hydrogens (tertiary/aromatic N) is 3. The second kappa shape index (κ2) is 5.92. The fourth-order valence-electron chi connectivity index (χ4n) is 2.31. The molecule has 4 nitrogen and oxygen atoms in total. The molecule has 0 aliphatic carbocycles. The maximum atomic E-state index is 12.6. The van der Waals surface area contributed by atoms with Gasteiger partial charge in [0.2, 0.25) is 0 Å². The van der Waals surface area contributed by atoms with E-state index in [1.54, 1.807) is 6.20 Å². The van der Waals surface area contributed by atoms with Gasteiger partial charge >= 0.3 is 6.18 Å². The zero-order valence-electron chi connectivity index (χ0n) is 11.7. The summed E-state index contributed by atoms with van der Waals surface area (Å²) in [5, 5.41) is 8.04. The van der Waals surface area contributed by atoms with Crippen molar-refractivity contribution in [1.82, 2.24) is 10.2 Å². The number of aromatic nitrogens is 2. The van der Waals surface area contributed by atoms with Gasteiger partial charge in [-0.1, -0.05) is 12.1 Å². The highest BCUT2D eigenvalue weighted by Gasteiger charge is 2.30. The van der Waals surface area contributed by atoms with Crippen molar-refractivity contribution < 1.29 is 17.9 Å². The Hall–Kier alpha value is -2.15. The lowest BCUT2D eigenvalue weighted by molar-refractivity contribution is -0.137. The molecular formula is C15H14F3N3O. The van der Waals surface area contributed by atoms with Crippen molar-refractivity contribution in [2.45, 2.75) is 6.18 Å². The van der Waals surface area contributed by atoms with Gasteiger partial charge in [-0.05, 0) is 23.8 Å². The van der Waals surface area contributed by atoms with Crippen molar-refractivity contribution >= 4 is 5.82 Å². The fourth-order valence-corrected chi connectivity index (χ4v) is 2.31. The standard InChI is InChI=1S/C15H14F3N3O/c16-15(17,18)13-3-1-11(2-4-13)12-9-14(20-19-10-12)21-5-7-22-8-6-21/h1-4,9-10H,5-8H2. The SMILES string of the molecule is FC(F)(F)c1ccc(-c2cnnc(N3CCOCC3)c2)cc1. The molecule has 0 atom stereocenters.